The summed E-state index contributed by atoms with van der Waals surface area (Å²) in [5.74, 6) is 0. The number of aromatic nitrogens is 6. The summed E-state index contributed by atoms with van der Waals surface area (Å²) in [5, 5.41) is 11.3. The highest BCUT2D eigenvalue weighted by Crippen LogP contribution is 2.46. The molecule has 3 aromatic rings. The van der Waals surface area contributed by atoms with E-state index in [1.807, 2.05) is 0 Å². The van der Waals surface area contributed by atoms with Gasteiger partial charge in [-0.15, -0.1) is 9.73 Å². The van der Waals surface area contributed by atoms with Crippen LogP contribution >= 0.6 is 7.60 Å². The van der Waals surface area contributed by atoms with Crippen molar-refractivity contribution in [2.45, 2.75) is 13.8 Å². The third-order valence-corrected chi connectivity index (χ3v) is 4.74. The van der Waals surface area contributed by atoms with Crippen molar-refractivity contribution in [3.05, 3.63) is 18.3 Å². The first-order valence-corrected chi connectivity index (χ1v) is 7.68. The third kappa shape index (κ3) is 1.91. The molecule has 0 amide bonds. The molecule has 0 spiro atoms. The van der Waals surface area contributed by atoms with Gasteiger partial charge in [0.05, 0.1) is 19.4 Å². The fourth-order valence-corrected chi connectivity index (χ4v) is 3.57. The molecule has 9 nitrogen and oxygen atoms in total. The highest BCUT2D eigenvalue weighted by Gasteiger charge is 2.32. The smallest absolute Gasteiger partial charge is 0.304 e. The molecule has 0 aliphatic heterocycles. The molecular formula is C10H13N6O3P. The molecule has 0 aromatic carbocycles. The molecule has 0 aliphatic rings. The first kappa shape index (κ1) is 13.2. The zero-order valence-electron chi connectivity index (χ0n) is 11.0. The number of tetrazole rings is 1. The minimum absolute atomic E-state index is 0.260. The summed E-state index contributed by atoms with van der Waals surface area (Å²) in [6.45, 7) is 4.02. The Morgan fingerprint density at radius 1 is 1.20 bits per heavy atom. The van der Waals surface area contributed by atoms with Crippen LogP contribution in [-0.2, 0) is 13.6 Å². The fourth-order valence-electron chi connectivity index (χ4n) is 1.94. The normalized spacial score (nSPS) is 12.5. The van der Waals surface area contributed by atoms with E-state index in [0.717, 1.165) is 0 Å². The minimum Gasteiger partial charge on any atom is -0.304 e. The summed E-state index contributed by atoms with van der Waals surface area (Å²) in [6.07, 6.45) is 1.46. The Hall–Kier alpha value is -1.83. The second-order valence-corrected chi connectivity index (χ2v) is 5.85. The Labute approximate surface area is 114 Å². The van der Waals surface area contributed by atoms with Crippen molar-refractivity contribution >= 4 is 24.3 Å². The molecule has 0 atom stereocenters. The van der Waals surface area contributed by atoms with E-state index >= 15 is 0 Å². The van der Waals surface area contributed by atoms with Gasteiger partial charge in [-0.05, 0) is 36.4 Å². The van der Waals surface area contributed by atoms with Crippen molar-refractivity contribution < 1.29 is 13.6 Å². The van der Waals surface area contributed by atoms with E-state index in [2.05, 4.69) is 20.5 Å². The van der Waals surface area contributed by atoms with E-state index in [4.69, 9.17) is 9.05 Å². The maximum atomic E-state index is 12.9. The largest absolute Gasteiger partial charge is 0.381 e. The molecule has 3 rings (SSSR count). The highest BCUT2D eigenvalue weighted by atomic mass is 31.2. The molecule has 3 heterocycles. The fraction of sp³-hybridized carbons (Fsp3) is 0.400. The van der Waals surface area contributed by atoms with Crippen molar-refractivity contribution in [3.8, 4) is 0 Å². The van der Waals surface area contributed by atoms with Gasteiger partial charge in [0.1, 0.15) is 0 Å². The zero-order chi connectivity index (χ0) is 14.2. The van der Waals surface area contributed by atoms with Gasteiger partial charge in [-0.2, -0.15) is 0 Å². The van der Waals surface area contributed by atoms with Gasteiger partial charge >= 0.3 is 7.60 Å². The van der Waals surface area contributed by atoms with Crippen LogP contribution in [0.2, 0.25) is 0 Å². The summed E-state index contributed by atoms with van der Waals surface area (Å²) >= 11 is 0. The predicted molar refractivity (Wildman–Crippen MR) is 70.0 cm³/mol. The third-order valence-electron chi connectivity index (χ3n) is 2.67. The maximum absolute atomic E-state index is 12.9. The molecule has 3 aromatic heterocycles. The van der Waals surface area contributed by atoms with Gasteiger partial charge in [-0.25, -0.2) is 9.50 Å². The van der Waals surface area contributed by atoms with Crippen LogP contribution in [0.15, 0.2) is 18.3 Å². The molecule has 10 heteroatoms. The quantitative estimate of drug-likeness (QED) is 0.638. The van der Waals surface area contributed by atoms with E-state index in [9.17, 15) is 4.57 Å². The average Bonchev–Trinajstić information content (AvgIpc) is 3.05. The molecule has 0 bridgehead atoms. The predicted octanol–water partition coefficient (Wildman–Crippen LogP) is 0.663. The second kappa shape index (κ2) is 4.93. The topological polar surface area (TPSA) is 95.9 Å². The number of nitrogens with zero attached hydrogens (tertiary/aromatic N) is 6. The van der Waals surface area contributed by atoms with Crippen LogP contribution in [0.3, 0.4) is 0 Å². The van der Waals surface area contributed by atoms with Gasteiger partial charge < -0.3 is 9.05 Å². The summed E-state index contributed by atoms with van der Waals surface area (Å²) in [5.41, 5.74) is 1.37. The molecule has 20 heavy (non-hydrogen) atoms. The van der Waals surface area contributed by atoms with Gasteiger partial charge in [-0.1, -0.05) is 0 Å². The van der Waals surface area contributed by atoms with Crippen molar-refractivity contribution in [3.63, 3.8) is 0 Å². The Kier molecular flexibility index (Phi) is 3.25. The monoisotopic (exact) mass is 296 g/mol. The van der Waals surface area contributed by atoms with Gasteiger partial charge in [0, 0.05) is 0 Å². The van der Waals surface area contributed by atoms with E-state index < -0.39 is 7.60 Å². The molecule has 0 fully saturated rings. The highest BCUT2D eigenvalue weighted by molar-refractivity contribution is 7.61. The minimum atomic E-state index is -3.47. The molecule has 0 saturated heterocycles. The average molecular weight is 296 g/mol. The van der Waals surface area contributed by atoms with E-state index in [0.29, 0.717) is 16.7 Å². The first-order chi connectivity index (χ1) is 9.69. The Morgan fingerprint density at radius 3 is 2.60 bits per heavy atom. The number of fused-ring (bicyclic) bond motifs is 3. The number of hydrogen-bond acceptors (Lipinski definition) is 7. The molecule has 0 unspecified atom stereocenters. The number of hydrogen-bond donors (Lipinski definition) is 0. The molecule has 0 N–H and O–H groups in total. The number of rotatable bonds is 5. The Balaban J connectivity index is 2.29. The van der Waals surface area contributed by atoms with Crippen molar-refractivity contribution in [1.29, 1.82) is 0 Å². The summed E-state index contributed by atoms with van der Waals surface area (Å²) < 4.78 is 26.5. The van der Waals surface area contributed by atoms with Crippen LogP contribution in [0.25, 0.3) is 11.3 Å². The van der Waals surface area contributed by atoms with Crippen LogP contribution in [0.4, 0.5) is 0 Å². The summed E-state index contributed by atoms with van der Waals surface area (Å²) in [6, 6.07) is 3.45. The van der Waals surface area contributed by atoms with Crippen LogP contribution in [0.5, 0.6) is 0 Å². The number of imidazole rings is 1. The van der Waals surface area contributed by atoms with Crippen LogP contribution in [0, 0.1) is 0 Å². The lowest BCUT2D eigenvalue weighted by molar-refractivity contribution is 0.228. The standard InChI is InChI=1S/C10H13N6O3P/c1-3-18-20(17,19-4-2)10-7-11-8-5-6-9-12-13-14-16(9)15(8)10/h5-7H,3-4H2,1-2H3. The molecular weight excluding hydrogens is 283 g/mol. The molecule has 0 aliphatic carbocycles. The SMILES string of the molecule is CCOP(=O)(OCC)c1cnc2ccc3nnnn3n12. The van der Waals surface area contributed by atoms with Crippen LogP contribution in [0.1, 0.15) is 13.8 Å². The lowest BCUT2D eigenvalue weighted by Gasteiger charge is -2.16. The Morgan fingerprint density at radius 2 is 1.90 bits per heavy atom. The van der Waals surface area contributed by atoms with Gasteiger partial charge in [-0.3, -0.25) is 4.57 Å². The first-order valence-electron chi connectivity index (χ1n) is 6.14. The van der Waals surface area contributed by atoms with E-state index in [1.54, 1.807) is 26.0 Å². The van der Waals surface area contributed by atoms with Crippen molar-refractivity contribution in [2.75, 3.05) is 13.2 Å². The van der Waals surface area contributed by atoms with Crippen LogP contribution < -0.4 is 5.44 Å². The van der Waals surface area contributed by atoms with Crippen LogP contribution in [-0.4, -0.2) is 42.9 Å². The van der Waals surface area contributed by atoms with Crippen molar-refractivity contribution in [2.24, 2.45) is 0 Å². The lowest BCUT2D eigenvalue weighted by atomic mass is 10.5. The maximum Gasteiger partial charge on any atom is 0.381 e. The van der Waals surface area contributed by atoms with Crippen molar-refractivity contribution in [1.82, 2.24) is 29.7 Å². The van der Waals surface area contributed by atoms with Gasteiger partial charge in [0.25, 0.3) is 0 Å². The zero-order valence-corrected chi connectivity index (χ0v) is 11.9. The van der Waals surface area contributed by atoms with E-state index in [1.165, 1.54) is 15.3 Å². The molecule has 0 saturated carbocycles. The molecule has 106 valence electrons. The van der Waals surface area contributed by atoms with Gasteiger partial charge in [0.2, 0.25) is 0 Å². The summed E-state index contributed by atoms with van der Waals surface area (Å²) in [4.78, 5) is 4.19. The molecule has 0 radical (unpaired) electrons. The summed E-state index contributed by atoms with van der Waals surface area (Å²) in [7, 11) is -3.47. The second-order valence-electron chi connectivity index (χ2n) is 3.88. The van der Waals surface area contributed by atoms with Gasteiger partial charge in [0.15, 0.2) is 16.7 Å². The van der Waals surface area contributed by atoms with E-state index in [-0.39, 0.29) is 13.2 Å². The lowest BCUT2D eigenvalue weighted by Crippen LogP contribution is -2.20. The Bertz CT molecular complexity index is 787.